The van der Waals surface area contributed by atoms with Gasteiger partial charge in [0.1, 0.15) is 0 Å². The lowest BCUT2D eigenvalue weighted by atomic mass is 9.82. The maximum Gasteiger partial charge on any atom is 0.0629 e. The zero-order chi connectivity index (χ0) is 13.0. The number of hydrogen-bond acceptors (Lipinski definition) is 3. The molecule has 2 rings (SSSR count). The third-order valence-electron chi connectivity index (χ3n) is 3.66. The van der Waals surface area contributed by atoms with E-state index < -0.39 is 0 Å². The van der Waals surface area contributed by atoms with Gasteiger partial charge in [0.2, 0.25) is 0 Å². The number of nitrogens with one attached hydrogen (secondary N) is 1. The molecule has 2 nitrogen and oxygen atoms in total. The minimum atomic E-state index is 0.316. The minimum absolute atomic E-state index is 0.316. The highest BCUT2D eigenvalue weighted by Crippen LogP contribution is 2.37. The second-order valence-corrected chi connectivity index (χ2v) is 6.34. The lowest BCUT2D eigenvalue weighted by Gasteiger charge is -2.31. The summed E-state index contributed by atoms with van der Waals surface area (Å²) in [5.41, 5.74) is 1.57. The van der Waals surface area contributed by atoms with E-state index in [-0.39, 0.29) is 0 Å². The van der Waals surface area contributed by atoms with Crippen LogP contribution in [0.2, 0.25) is 0 Å². The van der Waals surface area contributed by atoms with Crippen LogP contribution in [0.4, 0.5) is 0 Å². The van der Waals surface area contributed by atoms with Gasteiger partial charge >= 0.3 is 0 Å². The smallest absolute Gasteiger partial charge is 0.0629 e. The molecule has 0 bridgehead atoms. The molecule has 1 aromatic heterocycles. The van der Waals surface area contributed by atoms with Crippen LogP contribution in [-0.4, -0.2) is 25.3 Å². The fourth-order valence-electron chi connectivity index (χ4n) is 2.82. The molecule has 1 aliphatic rings. The maximum absolute atomic E-state index is 5.84. The van der Waals surface area contributed by atoms with Gasteiger partial charge in [-0.1, -0.05) is 6.92 Å². The van der Waals surface area contributed by atoms with Crippen LogP contribution in [0.15, 0.2) is 11.4 Å². The Bertz CT molecular complexity index is 361. The Morgan fingerprint density at radius 3 is 3.06 bits per heavy atom. The summed E-state index contributed by atoms with van der Waals surface area (Å²) in [6.07, 6.45) is 4.20. The van der Waals surface area contributed by atoms with Crippen LogP contribution in [0, 0.1) is 0 Å². The van der Waals surface area contributed by atoms with Crippen molar-refractivity contribution in [3.05, 3.63) is 21.9 Å². The quantitative estimate of drug-likeness (QED) is 0.851. The molecule has 2 unspecified atom stereocenters. The topological polar surface area (TPSA) is 21.3 Å². The number of rotatable bonds is 6. The van der Waals surface area contributed by atoms with E-state index in [1.54, 1.807) is 10.4 Å². The average molecular weight is 267 g/mol. The highest BCUT2D eigenvalue weighted by Gasteiger charge is 2.28. The van der Waals surface area contributed by atoms with Crippen LogP contribution < -0.4 is 5.32 Å². The Balaban J connectivity index is 2.07. The van der Waals surface area contributed by atoms with Crippen LogP contribution in [0.25, 0.3) is 0 Å². The van der Waals surface area contributed by atoms with E-state index in [1.807, 2.05) is 11.3 Å². The molecular weight excluding hydrogens is 242 g/mol. The highest BCUT2D eigenvalue weighted by molar-refractivity contribution is 7.10. The lowest BCUT2D eigenvalue weighted by Crippen LogP contribution is -2.40. The molecule has 18 heavy (non-hydrogen) atoms. The summed E-state index contributed by atoms with van der Waals surface area (Å²) < 4.78 is 5.84. The Hall–Kier alpha value is -0.380. The SMILES string of the molecule is CCNC(COC(C)C)C1CCCc2sccc21. The fourth-order valence-corrected chi connectivity index (χ4v) is 3.81. The van der Waals surface area contributed by atoms with Gasteiger partial charge in [0, 0.05) is 16.8 Å². The standard InChI is InChI=1S/C15H25NOS/c1-4-16-14(10-17-11(2)3)12-6-5-7-15-13(12)8-9-18-15/h8-9,11-12,14,16H,4-7,10H2,1-3H3. The molecule has 0 saturated carbocycles. The average Bonchev–Trinajstić information content (AvgIpc) is 2.82. The van der Waals surface area contributed by atoms with E-state index >= 15 is 0 Å². The first-order valence-corrected chi connectivity index (χ1v) is 8.01. The summed E-state index contributed by atoms with van der Waals surface area (Å²) in [6.45, 7) is 8.24. The molecule has 0 aromatic carbocycles. The van der Waals surface area contributed by atoms with Crippen molar-refractivity contribution in [2.75, 3.05) is 13.2 Å². The van der Waals surface area contributed by atoms with Gasteiger partial charge < -0.3 is 10.1 Å². The van der Waals surface area contributed by atoms with E-state index in [0.29, 0.717) is 18.1 Å². The van der Waals surface area contributed by atoms with Gasteiger partial charge in [0.25, 0.3) is 0 Å². The van der Waals surface area contributed by atoms with E-state index in [2.05, 4.69) is 37.5 Å². The van der Waals surface area contributed by atoms with Gasteiger partial charge in [-0.2, -0.15) is 0 Å². The van der Waals surface area contributed by atoms with Crippen molar-refractivity contribution in [1.82, 2.24) is 5.32 Å². The molecule has 2 atom stereocenters. The summed E-state index contributed by atoms with van der Waals surface area (Å²) in [4.78, 5) is 1.60. The van der Waals surface area contributed by atoms with Gasteiger partial charge in [0.15, 0.2) is 0 Å². The van der Waals surface area contributed by atoms with Crippen molar-refractivity contribution >= 4 is 11.3 Å². The van der Waals surface area contributed by atoms with Crippen molar-refractivity contribution in [3.8, 4) is 0 Å². The Morgan fingerprint density at radius 2 is 2.33 bits per heavy atom. The third-order valence-corrected chi connectivity index (χ3v) is 4.66. The summed E-state index contributed by atoms with van der Waals surface area (Å²) in [6, 6.07) is 2.79. The molecule has 1 N–H and O–H groups in total. The first-order valence-electron chi connectivity index (χ1n) is 7.13. The normalized spacial score (nSPS) is 21.0. The zero-order valence-corrected chi connectivity index (χ0v) is 12.6. The van der Waals surface area contributed by atoms with Crippen LogP contribution in [-0.2, 0) is 11.2 Å². The molecule has 0 aliphatic heterocycles. The van der Waals surface area contributed by atoms with Crippen molar-refractivity contribution in [2.45, 2.75) is 58.1 Å². The van der Waals surface area contributed by atoms with Crippen LogP contribution in [0.5, 0.6) is 0 Å². The van der Waals surface area contributed by atoms with Crippen molar-refractivity contribution in [2.24, 2.45) is 0 Å². The number of thiophene rings is 1. The monoisotopic (exact) mass is 267 g/mol. The number of hydrogen-bond donors (Lipinski definition) is 1. The molecule has 0 saturated heterocycles. The van der Waals surface area contributed by atoms with E-state index in [0.717, 1.165) is 13.2 Å². The lowest BCUT2D eigenvalue weighted by molar-refractivity contribution is 0.0545. The fraction of sp³-hybridized carbons (Fsp3) is 0.733. The van der Waals surface area contributed by atoms with Crippen LogP contribution in [0.3, 0.4) is 0 Å². The first kappa shape index (κ1) is 14.0. The Morgan fingerprint density at radius 1 is 1.50 bits per heavy atom. The van der Waals surface area contributed by atoms with Gasteiger partial charge in [-0.15, -0.1) is 11.3 Å². The third kappa shape index (κ3) is 3.34. The molecule has 0 fully saturated rings. The molecule has 0 radical (unpaired) electrons. The Labute approximate surface area is 115 Å². The number of ether oxygens (including phenoxy) is 1. The summed E-state index contributed by atoms with van der Waals surface area (Å²) in [5, 5.41) is 5.86. The molecular formula is C15H25NOS. The predicted molar refractivity (Wildman–Crippen MR) is 78.6 cm³/mol. The van der Waals surface area contributed by atoms with E-state index in [9.17, 15) is 0 Å². The minimum Gasteiger partial charge on any atom is -0.377 e. The summed E-state index contributed by atoms with van der Waals surface area (Å²) >= 11 is 1.92. The summed E-state index contributed by atoms with van der Waals surface area (Å²) in [5.74, 6) is 0.638. The van der Waals surface area contributed by atoms with Gasteiger partial charge in [0.05, 0.1) is 12.7 Å². The second-order valence-electron chi connectivity index (χ2n) is 5.34. The van der Waals surface area contributed by atoms with Crippen molar-refractivity contribution < 1.29 is 4.74 Å². The molecule has 1 aliphatic carbocycles. The maximum atomic E-state index is 5.84. The molecule has 1 aromatic rings. The summed E-state index contributed by atoms with van der Waals surface area (Å²) in [7, 11) is 0. The van der Waals surface area contributed by atoms with E-state index in [1.165, 1.54) is 19.3 Å². The van der Waals surface area contributed by atoms with Gasteiger partial charge in [-0.3, -0.25) is 0 Å². The van der Waals surface area contributed by atoms with Crippen LogP contribution in [0.1, 0.15) is 50.0 Å². The van der Waals surface area contributed by atoms with Gasteiger partial charge in [-0.05, 0) is 56.7 Å². The van der Waals surface area contributed by atoms with Crippen molar-refractivity contribution in [3.63, 3.8) is 0 Å². The Kier molecular flexibility index (Phi) is 5.22. The molecule has 3 heteroatoms. The number of aryl methyl sites for hydroxylation is 1. The van der Waals surface area contributed by atoms with E-state index in [4.69, 9.17) is 4.74 Å². The largest absolute Gasteiger partial charge is 0.377 e. The first-order chi connectivity index (χ1) is 8.72. The molecule has 102 valence electrons. The molecule has 0 amide bonds. The highest BCUT2D eigenvalue weighted by atomic mass is 32.1. The van der Waals surface area contributed by atoms with Crippen LogP contribution >= 0.6 is 11.3 Å². The van der Waals surface area contributed by atoms with Gasteiger partial charge in [-0.25, -0.2) is 0 Å². The zero-order valence-electron chi connectivity index (χ0n) is 11.7. The second kappa shape index (κ2) is 6.69. The molecule has 0 spiro atoms. The number of likely N-dealkylation sites (N-methyl/N-ethyl adjacent to an activating group) is 1. The number of fused-ring (bicyclic) bond motifs is 1. The predicted octanol–water partition coefficient (Wildman–Crippen LogP) is 3.57. The van der Waals surface area contributed by atoms with Crippen molar-refractivity contribution in [1.29, 1.82) is 0 Å². The molecule has 1 heterocycles.